The Morgan fingerprint density at radius 3 is 2.56 bits per heavy atom. The van der Waals surface area contributed by atoms with Crippen LogP contribution in [0.3, 0.4) is 0 Å². The number of aryl methyl sites for hydroxylation is 1. The lowest BCUT2D eigenvalue weighted by Crippen LogP contribution is -2.00. The third-order valence-electron chi connectivity index (χ3n) is 2.38. The third kappa shape index (κ3) is 2.90. The van der Waals surface area contributed by atoms with Crippen LogP contribution in [0.15, 0.2) is 18.2 Å². The number of hydrogen-bond acceptors (Lipinski definition) is 2. The highest BCUT2D eigenvalue weighted by Gasteiger charge is 2.13. The van der Waals surface area contributed by atoms with E-state index >= 15 is 0 Å². The summed E-state index contributed by atoms with van der Waals surface area (Å²) in [6, 6.07) is 5.18. The van der Waals surface area contributed by atoms with Gasteiger partial charge in [0.05, 0.1) is 14.3 Å². The van der Waals surface area contributed by atoms with E-state index in [-0.39, 0.29) is 0 Å². The first-order valence-electron chi connectivity index (χ1n) is 5.20. The van der Waals surface area contributed by atoms with Gasteiger partial charge in [-0.25, -0.2) is 9.97 Å². The predicted molar refractivity (Wildman–Crippen MR) is 84.6 cm³/mol. The minimum atomic E-state index is 0.438. The lowest BCUT2D eigenvalue weighted by Gasteiger charge is -2.08. The molecule has 0 unspecified atom stereocenters. The van der Waals surface area contributed by atoms with Crippen LogP contribution in [0.2, 0.25) is 15.2 Å². The first kappa shape index (κ1) is 14.3. The summed E-state index contributed by atoms with van der Waals surface area (Å²) in [6.07, 6.45) is 0.783. The van der Waals surface area contributed by atoms with E-state index in [4.69, 9.17) is 34.8 Å². The van der Waals surface area contributed by atoms with Crippen LogP contribution in [0.4, 0.5) is 0 Å². The van der Waals surface area contributed by atoms with Gasteiger partial charge in [-0.1, -0.05) is 41.7 Å². The number of benzene rings is 1. The molecule has 0 aliphatic rings. The Morgan fingerprint density at radius 2 is 1.89 bits per heavy atom. The van der Waals surface area contributed by atoms with Gasteiger partial charge in [0, 0.05) is 10.6 Å². The van der Waals surface area contributed by atoms with Gasteiger partial charge < -0.3 is 0 Å². The van der Waals surface area contributed by atoms with Crippen molar-refractivity contribution in [3.8, 4) is 11.4 Å². The summed E-state index contributed by atoms with van der Waals surface area (Å²) in [4.78, 5) is 8.73. The van der Waals surface area contributed by atoms with Crippen LogP contribution in [0.5, 0.6) is 0 Å². The Hall–Kier alpha value is -0.100. The summed E-state index contributed by atoms with van der Waals surface area (Å²) in [7, 11) is 0. The fourth-order valence-corrected chi connectivity index (χ4v) is 2.67. The van der Waals surface area contributed by atoms with E-state index in [9.17, 15) is 0 Å². The average molecular weight is 413 g/mol. The van der Waals surface area contributed by atoms with E-state index in [1.165, 1.54) is 0 Å². The predicted octanol–water partition coefficient (Wildman–Crippen LogP) is 5.27. The maximum absolute atomic E-state index is 6.13. The standard InChI is InChI=1S/C12H8Cl3IN2/c1-2-9-10(16)11(15)18-12(17-9)7-5-6(13)3-4-8(7)14/h3-5H,2H2,1H3. The minimum Gasteiger partial charge on any atom is -0.232 e. The maximum atomic E-state index is 6.13. The van der Waals surface area contributed by atoms with E-state index in [1.54, 1.807) is 18.2 Å². The van der Waals surface area contributed by atoms with Gasteiger partial charge in [0.2, 0.25) is 0 Å². The first-order chi connectivity index (χ1) is 8.52. The molecule has 0 radical (unpaired) electrons. The molecule has 94 valence electrons. The monoisotopic (exact) mass is 412 g/mol. The van der Waals surface area contributed by atoms with E-state index in [0.717, 1.165) is 15.7 Å². The molecule has 2 aromatic rings. The zero-order valence-corrected chi connectivity index (χ0v) is 13.8. The Kier molecular flexibility index (Phi) is 4.69. The van der Waals surface area contributed by atoms with Crippen molar-refractivity contribution < 1.29 is 0 Å². The van der Waals surface area contributed by atoms with Crippen LogP contribution in [0.1, 0.15) is 12.6 Å². The molecule has 0 saturated carbocycles. The van der Waals surface area contributed by atoms with E-state index in [1.807, 2.05) is 6.92 Å². The van der Waals surface area contributed by atoms with Crippen molar-refractivity contribution in [2.45, 2.75) is 13.3 Å². The van der Waals surface area contributed by atoms with Gasteiger partial charge in [0.15, 0.2) is 5.82 Å². The smallest absolute Gasteiger partial charge is 0.162 e. The van der Waals surface area contributed by atoms with Crippen molar-refractivity contribution in [1.82, 2.24) is 9.97 Å². The molecule has 6 heteroatoms. The lowest BCUT2D eigenvalue weighted by molar-refractivity contribution is 0.989. The normalized spacial score (nSPS) is 10.7. The fraction of sp³-hybridized carbons (Fsp3) is 0.167. The first-order valence-corrected chi connectivity index (χ1v) is 7.41. The largest absolute Gasteiger partial charge is 0.232 e. The summed E-state index contributed by atoms with van der Waals surface area (Å²) in [5, 5.41) is 1.58. The number of nitrogens with zero attached hydrogens (tertiary/aromatic N) is 2. The molecule has 2 rings (SSSR count). The molecule has 0 amide bonds. The van der Waals surface area contributed by atoms with Gasteiger partial charge in [-0.05, 0) is 47.2 Å². The molecule has 1 aromatic carbocycles. The minimum absolute atomic E-state index is 0.438. The second-order valence-electron chi connectivity index (χ2n) is 3.58. The average Bonchev–Trinajstić information content (AvgIpc) is 2.35. The van der Waals surface area contributed by atoms with Crippen LogP contribution in [0.25, 0.3) is 11.4 Å². The van der Waals surface area contributed by atoms with Crippen LogP contribution in [0, 0.1) is 3.57 Å². The molecular weight excluding hydrogens is 405 g/mol. The van der Waals surface area contributed by atoms with E-state index in [2.05, 4.69) is 32.6 Å². The zero-order valence-electron chi connectivity index (χ0n) is 9.35. The van der Waals surface area contributed by atoms with Crippen LogP contribution in [-0.4, -0.2) is 9.97 Å². The molecule has 0 spiro atoms. The summed E-state index contributed by atoms with van der Waals surface area (Å²) in [5.74, 6) is 0.504. The number of rotatable bonds is 2. The fourth-order valence-electron chi connectivity index (χ4n) is 1.49. The Morgan fingerprint density at radius 1 is 1.17 bits per heavy atom. The van der Waals surface area contributed by atoms with Gasteiger partial charge >= 0.3 is 0 Å². The van der Waals surface area contributed by atoms with Crippen LogP contribution < -0.4 is 0 Å². The van der Waals surface area contributed by atoms with Gasteiger partial charge in [-0.2, -0.15) is 0 Å². The zero-order chi connectivity index (χ0) is 13.3. The molecule has 0 bridgehead atoms. The van der Waals surface area contributed by atoms with Crippen molar-refractivity contribution in [3.05, 3.63) is 42.7 Å². The highest BCUT2D eigenvalue weighted by Crippen LogP contribution is 2.30. The molecule has 0 aliphatic carbocycles. The summed E-state index contributed by atoms with van der Waals surface area (Å²) in [5.41, 5.74) is 1.60. The highest BCUT2D eigenvalue weighted by atomic mass is 127. The SMILES string of the molecule is CCc1nc(-c2cc(Cl)ccc2Cl)nc(Cl)c1I. The number of hydrogen-bond donors (Lipinski definition) is 0. The Labute approximate surface area is 134 Å². The molecule has 0 N–H and O–H groups in total. The van der Waals surface area contributed by atoms with Gasteiger partial charge in [-0.15, -0.1) is 0 Å². The third-order valence-corrected chi connectivity index (χ3v) is 4.67. The summed E-state index contributed by atoms with van der Waals surface area (Å²) in [6.45, 7) is 2.02. The van der Waals surface area contributed by atoms with E-state index in [0.29, 0.717) is 26.6 Å². The summed E-state index contributed by atoms with van der Waals surface area (Å²) >= 11 is 20.3. The Balaban J connectivity index is 2.64. The molecule has 2 nitrogen and oxygen atoms in total. The van der Waals surface area contributed by atoms with Crippen molar-refractivity contribution in [2.75, 3.05) is 0 Å². The topological polar surface area (TPSA) is 25.8 Å². The van der Waals surface area contributed by atoms with Gasteiger partial charge in [0.25, 0.3) is 0 Å². The van der Waals surface area contributed by atoms with Crippen LogP contribution >= 0.6 is 57.4 Å². The quantitative estimate of drug-likeness (QED) is 0.495. The van der Waals surface area contributed by atoms with Gasteiger partial charge in [-0.3, -0.25) is 0 Å². The van der Waals surface area contributed by atoms with Gasteiger partial charge in [0.1, 0.15) is 5.15 Å². The molecule has 0 fully saturated rings. The maximum Gasteiger partial charge on any atom is 0.162 e. The van der Waals surface area contributed by atoms with Crippen molar-refractivity contribution in [1.29, 1.82) is 0 Å². The molecule has 0 atom stereocenters. The second kappa shape index (κ2) is 5.90. The van der Waals surface area contributed by atoms with Crippen molar-refractivity contribution in [3.63, 3.8) is 0 Å². The molecule has 1 heterocycles. The second-order valence-corrected chi connectivity index (χ2v) is 5.86. The number of halogens is 4. The molecule has 18 heavy (non-hydrogen) atoms. The Bertz CT molecular complexity index is 602. The van der Waals surface area contributed by atoms with Crippen molar-refractivity contribution in [2.24, 2.45) is 0 Å². The molecule has 0 aliphatic heterocycles. The number of aromatic nitrogens is 2. The van der Waals surface area contributed by atoms with Crippen molar-refractivity contribution >= 4 is 57.4 Å². The molecule has 1 aromatic heterocycles. The lowest BCUT2D eigenvalue weighted by atomic mass is 10.2. The summed E-state index contributed by atoms with van der Waals surface area (Å²) < 4.78 is 0.874. The molecular formula is C12H8Cl3IN2. The highest BCUT2D eigenvalue weighted by molar-refractivity contribution is 14.1. The molecule has 0 saturated heterocycles. The van der Waals surface area contributed by atoms with E-state index < -0.39 is 0 Å². The van der Waals surface area contributed by atoms with Crippen LogP contribution in [-0.2, 0) is 6.42 Å².